The van der Waals surface area contributed by atoms with Gasteiger partial charge in [-0.1, -0.05) is 13.0 Å². The molecular formula is C23H31N5O3S. The summed E-state index contributed by atoms with van der Waals surface area (Å²) in [6.07, 6.45) is 6.95. The number of urea groups is 1. The van der Waals surface area contributed by atoms with Gasteiger partial charge in [0.05, 0.1) is 10.1 Å². The summed E-state index contributed by atoms with van der Waals surface area (Å²) in [5.74, 6) is 0.0946. The van der Waals surface area contributed by atoms with Crippen LogP contribution in [-0.4, -0.2) is 48.8 Å². The van der Waals surface area contributed by atoms with Crippen LogP contribution in [0.1, 0.15) is 38.2 Å². The summed E-state index contributed by atoms with van der Waals surface area (Å²) < 4.78 is 26.6. The van der Waals surface area contributed by atoms with Crippen LogP contribution in [-0.2, 0) is 16.4 Å². The van der Waals surface area contributed by atoms with Crippen LogP contribution in [0.25, 0.3) is 0 Å². The Balaban J connectivity index is 1.33. The van der Waals surface area contributed by atoms with Crippen molar-refractivity contribution >= 4 is 21.6 Å². The van der Waals surface area contributed by atoms with Crippen molar-refractivity contribution in [2.75, 3.05) is 18.4 Å². The Morgan fingerprint density at radius 1 is 1.22 bits per heavy atom. The zero-order valence-corrected chi connectivity index (χ0v) is 19.1. The van der Waals surface area contributed by atoms with Crippen molar-refractivity contribution in [2.45, 2.75) is 55.3 Å². The third-order valence-electron chi connectivity index (χ3n) is 6.41. The lowest BCUT2D eigenvalue weighted by atomic mass is 9.86. The number of carbonyl (C=O) groups is 1. The molecule has 2 aliphatic rings. The second kappa shape index (κ2) is 9.97. The Morgan fingerprint density at radius 2 is 2.03 bits per heavy atom. The molecule has 9 heteroatoms. The average molecular weight is 458 g/mol. The van der Waals surface area contributed by atoms with E-state index in [9.17, 15) is 13.2 Å². The largest absolute Gasteiger partial charge is 0.334 e. The van der Waals surface area contributed by atoms with Crippen LogP contribution in [0.5, 0.6) is 0 Å². The number of amides is 2. The van der Waals surface area contributed by atoms with E-state index in [0.29, 0.717) is 29.6 Å². The summed E-state index contributed by atoms with van der Waals surface area (Å²) in [6.45, 7) is 4.46. The molecule has 0 radical (unpaired) electrons. The van der Waals surface area contributed by atoms with E-state index in [1.807, 2.05) is 19.1 Å². The molecule has 1 saturated heterocycles. The molecule has 0 bridgehead atoms. The van der Waals surface area contributed by atoms with E-state index in [-0.39, 0.29) is 17.2 Å². The lowest BCUT2D eigenvalue weighted by molar-refractivity contribution is 0.118. The van der Waals surface area contributed by atoms with E-state index in [0.717, 1.165) is 37.9 Å². The summed E-state index contributed by atoms with van der Waals surface area (Å²) in [6, 6.07) is 10.2. The second-order valence-electron chi connectivity index (χ2n) is 8.68. The number of anilines is 1. The van der Waals surface area contributed by atoms with E-state index in [1.165, 1.54) is 0 Å². The fraction of sp³-hybridized carbons (Fsp3) is 0.478. The summed E-state index contributed by atoms with van der Waals surface area (Å²) >= 11 is 0. The van der Waals surface area contributed by atoms with Gasteiger partial charge in [-0.25, -0.2) is 18.2 Å². The Bertz CT molecular complexity index is 1010. The number of hydrogen-bond donors (Lipinski definition) is 3. The number of pyridine rings is 1. The van der Waals surface area contributed by atoms with Gasteiger partial charge in [0, 0.05) is 43.8 Å². The topological polar surface area (TPSA) is 103 Å². The number of sulfone groups is 1. The quantitative estimate of drug-likeness (QED) is 0.616. The summed E-state index contributed by atoms with van der Waals surface area (Å²) in [7, 11) is -3.42. The predicted octanol–water partition coefficient (Wildman–Crippen LogP) is 2.94. The first kappa shape index (κ1) is 22.7. The first-order valence-corrected chi connectivity index (χ1v) is 12.8. The molecule has 1 aromatic heterocycles. The molecule has 1 saturated carbocycles. The van der Waals surface area contributed by atoms with Gasteiger partial charge in [0.1, 0.15) is 0 Å². The van der Waals surface area contributed by atoms with Gasteiger partial charge in [-0.15, -0.1) is 0 Å². The lowest BCUT2D eigenvalue weighted by Gasteiger charge is -2.38. The van der Waals surface area contributed by atoms with Crippen LogP contribution in [0.3, 0.4) is 0 Å². The van der Waals surface area contributed by atoms with Crippen LogP contribution >= 0.6 is 0 Å². The van der Waals surface area contributed by atoms with Crippen LogP contribution < -0.4 is 16.1 Å². The molecule has 172 valence electrons. The van der Waals surface area contributed by atoms with Crippen LogP contribution in [0.2, 0.25) is 0 Å². The molecule has 2 fully saturated rings. The van der Waals surface area contributed by atoms with Gasteiger partial charge in [-0.05, 0) is 67.5 Å². The number of benzene rings is 1. The molecule has 0 spiro atoms. The highest BCUT2D eigenvalue weighted by Gasteiger charge is 2.39. The normalized spacial score (nSPS) is 24.2. The van der Waals surface area contributed by atoms with E-state index in [2.05, 4.69) is 26.1 Å². The number of hydrazine groups is 1. The molecule has 2 aromatic rings. The van der Waals surface area contributed by atoms with E-state index in [4.69, 9.17) is 0 Å². The Morgan fingerprint density at radius 3 is 2.69 bits per heavy atom. The number of carbonyl (C=O) groups excluding carboxylic acids is 1. The maximum absolute atomic E-state index is 13.3. The van der Waals surface area contributed by atoms with Gasteiger partial charge in [0.15, 0.2) is 9.84 Å². The first-order valence-electron chi connectivity index (χ1n) is 11.2. The fourth-order valence-electron chi connectivity index (χ4n) is 4.71. The third kappa shape index (κ3) is 5.28. The number of hydrogen-bond acceptors (Lipinski definition) is 6. The number of aromatic nitrogens is 1. The Kier molecular flexibility index (Phi) is 7.07. The molecule has 32 heavy (non-hydrogen) atoms. The summed E-state index contributed by atoms with van der Waals surface area (Å²) in [5.41, 5.74) is 4.86. The van der Waals surface area contributed by atoms with E-state index >= 15 is 0 Å². The molecule has 8 nitrogen and oxygen atoms in total. The minimum absolute atomic E-state index is 0.0946. The monoisotopic (exact) mass is 457 g/mol. The first-order chi connectivity index (χ1) is 15.4. The highest BCUT2D eigenvalue weighted by Crippen LogP contribution is 2.35. The van der Waals surface area contributed by atoms with E-state index < -0.39 is 9.84 Å². The standard InChI is InChI=1S/C23H31N5O3S/c1-17-14-20(28-13-3-12-26-28)7-10-22(17)32(30,31)21-8-5-19(6-9-21)27-23(29)25-16-18-4-2-11-24-15-18/h2,4-6,8-9,11,15,17,20,22,26H,3,7,10,12-14,16H2,1H3,(H2,25,27,29). The van der Waals surface area contributed by atoms with Crippen molar-refractivity contribution in [3.05, 3.63) is 54.4 Å². The predicted molar refractivity (Wildman–Crippen MR) is 124 cm³/mol. The molecule has 3 unspecified atom stereocenters. The average Bonchev–Trinajstić information content (AvgIpc) is 3.34. The number of nitrogens with one attached hydrogen (secondary N) is 3. The summed E-state index contributed by atoms with van der Waals surface area (Å²) in [5, 5.41) is 7.42. The van der Waals surface area contributed by atoms with Gasteiger partial charge in [0.2, 0.25) is 0 Å². The lowest BCUT2D eigenvalue weighted by Crippen LogP contribution is -2.47. The Hall–Kier alpha value is -2.49. The molecule has 2 amide bonds. The molecule has 3 atom stereocenters. The van der Waals surface area contributed by atoms with Gasteiger partial charge < -0.3 is 10.6 Å². The zero-order valence-electron chi connectivity index (χ0n) is 18.3. The van der Waals surface area contributed by atoms with Crippen molar-refractivity contribution in [1.82, 2.24) is 20.7 Å². The molecule has 1 aliphatic carbocycles. The minimum atomic E-state index is -3.42. The van der Waals surface area contributed by atoms with Gasteiger partial charge >= 0.3 is 6.03 Å². The van der Waals surface area contributed by atoms with Crippen LogP contribution in [0.4, 0.5) is 10.5 Å². The van der Waals surface area contributed by atoms with Gasteiger partial charge in [-0.2, -0.15) is 0 Å². The van der Waals surface area contributed by atoms with Gasteiger partial charge in [-0.3, -0.25) is 10.4 Å². The van der Waals surface area contributed by atoms with Crippen molar-refractivity contribution in [2.24, 2.45) is 5.92 Å². The van der Waals surface area contributed by atoms with Crippen LogP contribution in [0, 0.1) is 5.92 Å². The molecule has 3 N–H and O–H groups in total. The van der Waals surface area contributed by atoms with Crippen molar-refractivity contribution in [1.29, 1.82) is 0 Å². The van der Waals surface area contributed by atoms with Crippen LogP contribution in [0.15, 0.2) is 53.7 Å². The van der Waals surface area contributed by atoms with Crippen molar-refractivity contribution in [3.63, 3.8) is 0 Å². The smallest absolute Gasteiger partial charge is 0.319 e. The summed E-state index contributed by atoms with van der Waals surface area (Å²) in [4.78, 5) is 16.5. The SMILES string of the molecule is CC1CC(N2CCCN2)CCC1S(=O)(=O)c1ccc(NC(=O)NCc2cccnc2)cc1. The maximum Gasteiger partial charge on any atom is 0.319 e. The minimum Gasteiger partial charge on any atom is -0.334 e. The highest BCUT2D eigenvalue weighted by molar-refractivity contribution is 7.92. The second-order valence-corrected chi connectivity index (χ2v) is 10.8. The number of nitrogens with zero attached hydrogens (tertiary/aromatic N) is 2. The van der Waals surface area contributed by atoms with Gasteiger partial charge in [0.25, 0.3) is 0 Å². The van der Waals surface area contributed by atoms with E-state index in [1.54, 1.807) is 36.7 Å². The molecule has 4 rings (SSSR count). The molecule has 1 aliphatic heterocycles. The molecule has 2 heterocycles. The fourth-order valence-corrected chi connectivity index (χ4v) is 6.74. The van der Waals surface area contributed by atoms with Crippen molar-refractivity contribution in [3.8, 4) is 0 Å². The number of rotatable bonds is 6. The molecule has 1 aromatic carbocycles. The third-order valence-corrected chi connectivity index (χ3v) is 8.84. The van der Waals surface area contributed by atoms with Crippen molar-refractivity contribution < 1.29 is 13.2 Å². The molecular weight excluding hydrogens is 426 g/mol. The highest BCUT2D eigenvalue weighted by atomic mass is 32.2. The maximum atomic E-state index is 13.3. The zero-order chi connectivity index (χ0) is 22.6. The Labute approximate surface area is 189 Å².